The Balaban J connectivity index is 0.000000222. The minimum Gasteiger partial charge on any atom is -0.489 e. The number of ketones is 1. The standard InChI is InChI=1S/C19H17Cl2NO4.C15H22ClNO2.C15H12F3NO4S.C11H11Cl2NO2.C3H8NO5P/c1-2-26-19(25)16(21)10-11-9-12(7-8-15(11)20)22-17(23)13-5-3-4-6-14(13)18(22)24;1-5-13-8-6-7-11(2)15(13)17(14(18)9-16)12(3)10-19-4;1-24(21,22)12-6-9(15(16,17)18)4-5-10(12)13(20)11-7-19-23-14(11)8-2-3-8;1-7-6-16-9-5-3-2-4-8(9)14(7)11(15)10(12)13;5-3(6)1-4-2-10(7,8)9/h7-10H,2-6H2,1H3;6-8,12H,5,9-10H2,1-4H3;4-8H,2-3H2,1H3;2-5,7,10H,6H2,1H3;4H,1-2H2,(H,5,6)(H2,7,8,9)/b16-10-;;;;. The number of esters is 1. The Kier molecular flexibility index (Phi) is 29.6. The first-order valence-corrected chi connectivity index (χ1v) is 35.1. The van der Waals surface area contributed by atoms with Gasteiger partial charge in [-0.1, -0.05) is 88.8 Å². The van der Waals surface area contributed by atoms with Crippen molar-refractivity contribution in [2.24, 2.45) is 0 Å². The molecule has 1 aromatic heterocycles. The molecule has 5 aromatic rings. The van der Waals surface area contributed by atoms with Gasteiger partial charge in [0.15, 0.2) is 26.2 Å². The average molecular weight is 1470 g/mol. The van der Waals surface area contributed by atoms with Crippen LogP contribution in [-0.4, -0.2) is 139 Å². The van der Waals surface area contributed by atoms with E-state index >= 15 is 0 Å². The minimum absolute atomic E-state index is 0.0223. The van der Waals surface area contributed by atoms with Gasteiger partial charge in [-0.05, 0) is 144 Å². The highest BCUT2D eigenvalue weighted by molar-refractivity contribution is 7.90. The number of para-hydroxylation sites is 3. The molecule has 0 radical (unpaired) electrons. The number of sulfone groups is 1. The van der Waals surface area contributed by atoms with Crippen molar-refractivity contribution in [1.82, 2.24) is 10.5 Å². The fourth-order valence-corrected chi connectivity index (χ4v) is 11.9. The van der Waals surface area contributed by atoms with Gasteiger partial charge in [0.25, 0.3) is 17.7 Å². The molecular formula is C63H70Cl5F3N5O17PS. The second kappa shape index (κ2) is 35.5. The Hall–Kier alpha value is -6.68. The normalized spacial score (nSPS) is 15.6. The molecule has 4 aromatic carbocycles. The van der Waals surface area contributed by atoms with Crippen LogP contribution >= 0.6 is 65.6 Å². The van der Waals surface area contributed by atoms with Gasteiger partial charge in [-0.15, -0.1) is 11.6 Å². The zero-order valence-electron chi connectivity index (χ0n) is 52.4. The van der Waals surface area contributed by atoms with Crippen molar-refractivity contribution in [3.05, 3.63) is 145 Å². The number of aliphatic carboxylic acids is 1. The van der Waals surface area contributed by atoms with E-state index in [1.807, 2.05) is 57.2 Å². The number of fused-ring (bicyclic) bond motifs is 1. The number of imide groups is 1. The van der Waals surface area contributed by atoms with E-state index in [2.05, 4.69) is 23.5 Å². The SMILES string of the molecule is CC1COc2ccccc2N1C(=O)C(Cl)Cl.CCOC(=O)/C(Cl)=C/c1cc(N2C(=O)C3=C(CCCC3)C2=O)ccc1Cl.CCc1cccc(C)c1N(C(=O)CCl)C(C)COC.CS(=O)(=O)c1cc(C(F)(F)F)ccc1C(=O)c1cnoc1C1CC1.O=C(O)CNCP(=O)(O)O. The molecule has 2 unspecified atom stereocenters. The average Bonchev–Trinajstić information content (AvgIpc) is 1.70. The summed E-state index contributed by atoms with van der Waals surface area (Å²) in [6.07, 6.45) is 3.59. The highest BCUT2D eigenvalue weighted by Gasteiger charge is 2.41. The van der Waals surface area contributed by atoms with Crippen molar-refractivity contribution in [3.8, 4) is 5.75 Å². The molecule has 516 valence electrons. The van der Waals surface area contributed by atoms with Crippen molar-refractivity contribution < 1.29 is 93.3 Å². The molecule has 32 heteroatoms. The molecule has 1 fully saturated rings. The van der Waals surface area contributed by atoms with Gasteiger partial charge in [0.05, 0.1) is 77.4 Å². The predicted octanol–water partition coefficient (Wildman–Crippen LogP) is 12.0. The van der Waals surface area contributed by atoms with Crippen molar-refractivity contribution in [1.29, 1.82) is 0 Å². The Bertz CT molecular complexity index is 3830. The van der Waals surface area contributed by atoms with Crippen molar-refractivity contribution in [2.45, 2.75) is 113 Å². The van der Waals surface area contributed by atoms with Gasteiger partial charge < -0.3 is 43.4 Å². The van der Waals surface area contributed by atoms with Crippen LogP contribution in [-0.2, 0) is 65.2 Å². The molecule has 3 heterocycles. The van der Waals surface area contributed by atoms with E-state index in [0.29, 0.717) is 77.1 Å². The van der Waals surface area contributed by atoms with E-state index in [4.69, 9.17) is 91.6 Å². The number of carbonyl (C=O) groups is 7. The Morgan fingerprint density at radius 1 is 0.947 bits per heavy atom. The van der Waals surface area contributed by atoms with Crippen molar-refractivity contribution >= 4 is 140 Å². The number of hydrogen-bond donors (Lipinski definition) is 4. The highest BCUT2D eigenvalue weighted by atomic mass is 35.5. The quantitative estimate of drug-likeness (QED) is 0.0149. The monoisotopic (exact) mass is 1460 g/mol. The molecule has 0 saturated heterocycles. The number of aryl methyl sites for hydroxylation is 2. The fraction of sp³-hybridized carbons (Fsp3) is 0.397. The first-order valence-electron chi connectivity index (χ1n) is 29.2. The largest absolute Gasteiger partial charge is 0.489 e. The van der Waals surface area contributed by atoms with E-state index in [1.54, 1.807) is 42.0 Å². The first kappa shape index (κ1) is 79.0. The molecule has 2 aliphatic heterocycles. The molecule has 1 saturated carbocycles. The second-order valence-corrected chi connectivity index (χ2v) is 27.4. The van der Waals surface area contributed by atoms with Gasteiger partial charge in [-0.3, -0.25) is 38.6 Å². The summed E-state index contributed by atoms with van der Waals surface area (Å²) in [4.78, 5) is 103. The molecule has 2 atom stereocenters. The number of hydrogen-bond acceptors (Lipinski definition) is 16. The lowest BCUT2D eigenvalue weighted by molar-refractivity contribution is -0.138. The number of amides is 4. The van der Waals surface area contributed by atoms with Crippen LogP contribution in [0.25, 0.3) is 6.08 Å². The number of methoxy groups -OCH3 is 1. The highest BCUT2D eigenvalue weighted by Crippen LogP contribution is 2.43. The number of carboxylic acids is 1. The molecule has 9 rings (SSSR count). The smallest absolute Gasteiger partial charge is 0.416 e. The van der Waals surface area contributed by atoms with Gasteiger partial charge in [0.1, 0.15) is 23.3 Å². The Morgan fingerprint density at radius 2 is 1.59 bits per heavy atom. The topological polar surface area (TPSA) is 307 Å². The van der Waals surface area contributed by atoms with Gasteiger partial charge in [-0.2, -0.15) is 13.2 Å². The van der Waals surface area contributed by atoms with Gasteiger partial charge in [0, 0.05) is 41.0 Å². The third kappa shape index (κ3) is 21.9. The zero-order chi connectivity index (χ0) is 70.9. The Morgan fingerprint density at radius 3 is 2.14 bits per heavy atom. The number of carboxylic acid groups (broad SMARTS) is 1. The number of nitrogens with one attached hydrogen (secondary N) is 1. The third-order valence-electron chi connectivity index (χ3n) is 14.4. The summed E-state index contributed by atoms with van der Waals surface area (Å²) in [5.41, 5.74) is 4.60. The van der Waals surface area contributed by atoms with E-state index in [-0.39, 0.29) is 70.3 Å². The van der Waals surface area contributed by atoms with Crippen LogP contribution in [0.15, 0.2) is 111 Å². The number of rotatable bonds is 19. The summed E-state index contributed by atoms with van der Waals surface area (Å²) in [6, 6.07) is 20.1. The number of nitrogens with zero attached hydrogens (tertiary/aromatic N) is 4. The molecule has 2 aliphatic carbocycles. The molecule has 0 spiro atoms. The number of aromatic nitrogens is 1. The molecule has 4 amide bonds. The first-order chi connectivity index (χ1) is 44.6. The van der Waals surface area contributed by atoms with E-state index in [0.717, 1.165) is 66.9 Å². The predicted molar refractivity (Wildman–Crippen MR) is 353 cm³/mol. The van der Waals surface area contributed by atoms with Gasteiger partial charge in [0.2, 0.25) is 5.91 Å². The number of alkyl halides is 6. The summed E-state index contributed by atoms with van der Waals surface area (Å²) in [6.45, 7) is 10.3. The Labute approximate surface area is 571 Å². The molecular weight excluding hydrogens is 1400 g/mol. The maximum atomic E-state index is 12.8. The van der Waals surface area contributed by atoms with E-state index < -0.39 is 69.5 Å². The molecule has 4 aliphatic rings. The van der Waals surface area contributed by atoms with Crippen LogP contribution in [0.3, 0.4) is 0 Å². The van der Waals surface area contributed by atoms with Crippen molar-refractivity contribution in [2.75, 3.05) is 66.6 Å². The maximum Gasteiger partial charge on any atom is 0.416 e. The molecule has 95 heavy (non-hydrogen) atoms. The van der Waals surface area contributed by atoms with E-state index in [1.165, 1.54) is 17.2 Å². The summed E-state index contributed by atoms with van der Waals surface area (Å²) in [5, 5.41) is 13.8. The van der Waals surface area contributed by atoms with Crippen molar-refractivity contribution in [3.63, 3.8) is 0 Å². The summed E-state index contributed by atoms with van der Waals surface area (Å²) >= 11 is 29.1. The zero-order valence-corrected chi connectivity index (χ0v) is 57.9. The second-order valence-electron chi connectivity index (χ2n) is 21.6. The molecule has 22 nitrogen and oxygen atoms in total. The lowest BCUT2D eigenvalue weighted by Gasteiger charge is -2.35. The number of benzene rings is 4. The van der Waals surface area contributed by atoms with Crippen LogP contribution in [0.1, 0.15) is 116 Å². The molecule has 4 N–H and O–H groups in total. The number of anilines is 3. The maximum absolute atomic E-state index is 12.8. The third-order valence-corrected chi connectivity index (χ3v) is 17.3. The van der Waals surface area contributed by atoms with Gasteiger partial charge in [-0.25, -0.2) is 18.1 Å². The number of ether oxygens (including phenoxy) is 3. The van der Waals surface area contributed by atoms with Gasteiger partial charge >= 0.3 is 25.7 Å². The lowest BCUT2D eigenvalue weighted by atomic mass is 9.93. The number of halogens is 8. The van der Waals surface area contributed by atoms with Crippen LogP contribution in [0.5, 0.6) is 5.75 Å². The summed E-state index contributed by atoms with van der Waals surface area (Å²) in [5.74, 6) is -2.43. The van der Waals surface area contributed by atoms with E-state index in [9.17, 15) is 59.7 Å². The lowest BCUT2D eigenvalue weighted by Crippen LogP contribution is -2.47. The van der Waals surface area contributed by atoms with Crippen LogP contribution in [0.4, 0.5) is 30.2 Å². The van der Waals surface area contributed by atoms with Crippen LogP contribution in [0, 0.1) is 6.92 Å². The number of carbonyl (C=O) groups excluding carboxylic acids is 6. The van der Waals surface area contributed by atoms with Crippen LogP contribution < -0.4 is 24.8 Å². The molecule has 0 bridgehead atoms. The summed E-state index contributed by atoms with van der Waals surface area (Å²) in [7, 11) is -6.50. The van der Waals surface area contributed by atoms with Crippen LogP contribution in [0.2, 0.25) is 5.02 Å². The fourth-order valence-electron chi connectivity index (χ4n) is 9.92. The minimum atomic E-state index is -4.71. The summed E-state index contributed by atoms with van der Waals surface area (Å²) < 4.78 is 92.9.